The van der Waals surface area contributed by atoms with E-state index in [1.54, 1.807) is 6.08 Å². The lowest BCUT2D eigenvalue weighted by atomic mass is 9.76. The summed E-state index contributed by atoms with van der Waals surface area (Å²) in [5.41, 5.74) is 0.365. The number of rotatable bonds is 1. The predicted molar refractivity (Wildman–Crippen MR) is 88.1 cm³/mol. The summed E-state index contributed by atoms with van der Waals surface area (Å²) in [5.74, 6) is -1.05. The molecule has 0 aromatic heterocycles. The molecule has 144 valence electrons. The van der Waals surface area contributed by atoms with Gasteiger partial charge in [0.15, 0.2) is 23.6 Å². The average Bonchev–Trinajstić information content (AvgIpc) is 3.22. The highest BCUT2D eigenvalue weighted by atomic mass is 16.9. The fourth-order valence-electron chi connectivity index (χ4n) is 5.03. The molecule has 5 rings (SSSR count). The van der Waals surface area contributed by atoms with Gasteiger partial charge in [0.2, 0.25) is 0 Å². The van der Waals surface area contributed by atoms with E-state index >= 15 is 0 Å². The second kappa shape index (κ2) is 5.37. The minimum atomic E-state index is -0.732. The quantitative estimate of drug-likeness (QED) is 0.699. The van der Waals surface area contributed by atoms with Gasteiger partial charge in [-0.25, -0.2) is 0 Å². The van der Waals surface area contributed by atoms with Gasteiger partial charge in [-0.15, -0.1) is 0 Å². The number of ketones is 1. The van der Waals surface area contributed by atoms with Crippen LogP contribution in [-0.2, 0) is 33.2 Å². The first kappa shape index (κ1) is 17.3. The van der Waals surface area contributed by atoms with Crippen molar-refractivity contribution in [1.82, 2.24) is 0 Å². The third-order valence-electron chi connectivity index (χ3n) is 6.06. The monoisotopic (exact) mass is 366 g/mol. The van der Waals surface area contributed by atoms with Crippen LogP contribution in [0, 0.1) is 5.92 Å². The van der Waals surface area contributed by atoms with E-state index in [-0.39, 0.29) is 30.0 Å². The van der Waals surface area contributed by atoms with Crippen LogP contribution in [-0.4, -0.2) is 60.8 Å². The van der Waals surface area contributed by atoms with Crippen molar-refractivity contribution in [3.8, 4) is 0 Å². The van der Waals surface area contributed by atoms with Gasteiger partial charge in [0.25, 0.3) is 0 Å². The Labute approximate surface area is 152 Å². The summed E-state index contributed by atoms with van der Waals surface area (Å²) >= 11 is 0. The van der Waals surface area contributed by atoms with E-state index in [1.165, 1.54) is 0 Å². The zero-order valence-electron chi connectivity index (χ0n) is 15.7. The number of allylic oxidation sites excluding steroid dienone is 1. The van der Waals surface area contributed by atoms with E-state index in [2.05, 4.69) is 0 Å². The molecule has 0 N–H and O–H groups in total. The number of hydrogen-bond donors (Lipinski definition) is 0. The molecule has 4 saturated heterocycles. The summed E-state index contributed by atoms with van der Waals surface area (Å²) in [7, 11) is 0. The Morgan fingerprint density at radius 1 is 1.00 bits per heavy atom. The van der Waals surface area contributed by atoms with Crippen LogP contribution in [0.25, 0.3) is 0 Å². The minimum absolute atomic E-state index is 0.170. The highest BCUT2D eigenvalue weighted by Gasteiger charge is 2.68. The van der Waals surface area contributed by atoms with Crippen molar-refractivity contribution in [1.29, 1.82) is 0 Å². The van der Waals surface area contributed by atoms with Gasteiger partial charge in [0.05, 0.1) is 13.2 Å². The number of carbonyl (C=O) groups excluding carboxylic acids is 1. The molecule has 7 heteroatoms. The van der Waals surface area contributed by atoms with Gasteiger partial charge in [0.1, 0.15) is 23.9 Å². The first-order valence-electron chi connectivity index (χ1n) is 9.38. The molecule has 0 unspecified atom stereocenters. The topological polar surface area (TPSA) is 72.5 Å². The maximum absolute atomic E-state index is 11.9. The van der Waals surface area contributed by atoms with Crippen LogP contribution in [0.1, 0.15) is 40.5 Å². The largest absolute Gasteiger partial charge is 0.365 e. The van der Waals surface area contributed by atoms with Crippen LogP contribution in [0.3, 0.4) is 0 Å². The Bertz CT molecular complexity index is 669. The maximum atomic E-state index is 11.9. The molecule has 5 aliphatic rings. The van der Waals surface area contributed by atoms with Crippen LogP contribution < -0.4 is 0 Å². The molecule has 0 radical (unpaired) electrons. The van der Waals surface area contributed by atoms with Crippen molar-refractivity contribution in [3.63, 3.8) is 0 Å². The molecular weight excluding hydrogens is 340 g/mol. The number of carbonyl (C=O) groups is 1. The van der Waals surface area contributed by atoms with E-state index in [9.17, 15) is 4.79 Å². The number of hydrogen-bond acceptors (Lipinski definition) is 7. The van der Waals surface area contributed by atoms with Gasteiger partial charge in [-0.2, -0.15) is 0 Å². The molecule has 7 nitrogen and oxygen atoms in total. The third-order valence-corrected chi connectivity index (χ3v) is 6.06. The van der Waals surface area contributed by atoms with Crippen molar-refractivity contribution in [2.45, 2.75) is 82.3 Å². The van der Waals surface area contributed by atoms with Crippen molar-refractivity contribution < 1.29 is 33.2 Å². The molecule has 0 aromatic rings. The highest BCUT2D eigenvalue weighted by Crippen LogP contribution is 2.53. The van der Waals surface area contributed by atoms with Crippen molar-refractivity contribution in [3.05, 3.63) is 11.6 Å². The summed E-state index contributed by atoms with van der Waals surface area (Å²) in [6.45, 7) is 8.39. The first-order chi connectivity index (χ1) is 12.2. The Balaban J connectivity index is 1.48. The second-order valence-electron chi connectivity index (χ2n) is 8.88. The molecule has 4 heterocycles. The number of ether oxygens (including phenoxy) is 6. The SMILES string of the molecule is CC1(C)OC[C@H]([C@H]2O[C@@H]3OC(C)(C)O[C@@H]3[C@@]23C[C@H]2CC(=O)C=C2CO3)O1. The third kappa shape index (κ3) is 2.52. The van der Waals surface area contributed by atoms with E-state index in [0.717, 1.165) is 5.57 Å². The second-order valence-corrected chi connectivity index (χ2v) is 8.88. The van der Waals surface area contributed by atoms with E-state index in [4.69, 9.17) is 28.4 Å². The molecule has 4 fully saturated rings. The van der Waals surface area contributed by atoms with Crippen LogP contribution in [0.5, 0.6) is 0 Å². The minimum Gasteiger partial charge on any atom is -0.365 e. The van der Waals surface area contributed by atoms with Gasteiger partial charge in [-0.05, 0) is 51.7 Å². The Kier molecular flexibility index (Phi) is 3.57. The van der Waals surface area contributed by atoms with Crippen molar-refractivity contribution in [2.75, 3.05) is 13.2 Å². The summed E-state index contributed by atoms with van der Waals surface area (Å²) in [6.07, 6.45) is 1.42. The molecule has 1 spiro atoms. The van der Waals surface area contributed by atoms with Crippen LogP contribution in [0.4, 0.5) is 0 Å². The molecule has 6 atom stereocenters. The smallest absolute Gasteiger partial charge is 0.190 e. The zero-order valence-corrected chi connectivity index (χ0v) is 15.7. The lowest BCUT2D eigenvalue weighted by Gasteiger charge is -2.44. The summed E-state index contributed by atoms with van der Waals surface area (Å²) in [6, 6.07) is 0. The van der Waals surface area contributed by atoms with Crippen LogP contribution in [0.15, 0.2) is 11.6 Å². The van der Waals surface area contributed by atoms with E-state index < -0.39 is 23.5 Å². The predicted octanol–water partition coefficient (Wildman–Crippen LogP) is 1.69. The lowest BCUT2D eigenvalue weighted by Crippen LogP contribution is -2.58. The highest BCUT2D eigenvalue weighted by molar-refractivity contribution is 5.93. The summed E-state index contributed by atoms with van der Waals surface area (Å²) in [5, 5.41) is 0. The van der Waals surface area contributed by atoms with Crippen LogP contribution in [0.2, 0.25) is 0 Å². The fourth-order valence-corrected chi connectivity index (χ4v) is 5.03. The molecule has 1 aliphatic carbocycles. The van der Waals surface area contributed by atoms with Gasteiger partial charge in [0, 0.05) is 6.42 Å². The Morgan fingerprint density at radius 2 is 1.81 bits per heavy atom. The summed E-state index contributed by atoms with van der Waals surface area (Å²) in [4.78, 5) is 11.9. The molecular formula is C19H26O7. The van der Waals surface area contributed by atoms with E-state index in [1.807, 2.05) is 27.7 Å². The van der Waals surface area contributed by atoms with Crippen molar-refractivity contribution >= 4 is 5.78 Å². The Morgan fingerprint density at radius 3 is 2.54 bits per heavy atom. The standard InChI is InChI=1S/C19H26O7/c1-17(2)21-9-13(24-17)14-19(15-16(23-14)26-18(3,4)25-15)7-10-5-12(20)6-11(10)8-22-19/h6,10,13-16H,5,7-9H2,1-4H3/t10-,13-,14-,15+,16-,19-/m1/s1. The first-order valence-corrected chi connectivity index (χ1v) is 9.38. The zero-order chi connectivity index (χ0) is 18.3. The molecule has 26 heavy (non-hydrogen) atoms. The molecule has 4 aliphatic heterocycles. The summed E-state index contributed by atoms with van der Waals surface area (Å²) < 4.78 is 36.7. The number of fused-ring (bicyclic) bond motifs is 3. The normalized spacial score (nSPS) is 48.7. The van der Waals surface area contributed by atoms with Gasteiger partial charge in [-0.1, -0.05) is 0 Å². The molecule has 0 saturated carbocycles. The van der Waals surface area contributed by atoms with Crippen molar-refractivity contribution in [2.24, 2.45) is 5.92 Å². The Hall–Kier alpha value is -0.830. The molecule has 0 amide bonds. The van der Waals surface area contributed by atoms with Gasteiger partial charge < -0.3 is 28.4 Å². The molecule has 0 aromatic carbocycles. The fraction of sp³-hybridized carbons (Fsp3) is 0.842. The maximum Gasteiger partial charge on any atom is 0.190 e. The lowest BCUT2D eigenvalue weighted by molar-refractivity contribution is -0.260. The molecule has 0 bridgehead atoms. The van der Waals surface area contributed by atoms with Gasteiger partial charge in [-0.3, -0.25) is 4.79 Å². The average molecular weight is 366 g/mol. The van der Waals surface area contributed by atoms with Crippen LogP contribution >= 0.6 is 0 Å². The van der Waals surface area contributed by atoms with Gasteiger partial charge >= 0.3 is 0 Å². The van der Waals surface area contributed by atoms with E-state index in [0.29, 0.717) is 26.1 Å².